The zero-order valence-electron chi connectivity index (χ0n) is 12.8. The number of amides is 1. The second-order valence-corrected chi connectivity index (χ2v) is 6.46. The maximum atomic E-state index is 12.7. The van der Waals surface area contributed by atoms with Crippen molar-refractivity contribution >= 4 is 28.4 Å². The molecule has 2 aromatic heterocycles. The van der Waals surface area contributed by atoms with Gasteiger partial charge < -0.3 is 9.88 Å². The van der Waals surface area contributed by atoms with Crippen molar-refractivity contribution < 1.29 is 4.79 Å². The molecule has 4 rings (SSSR count). The lowest BCUT2D eigenvalue weighted by Crippen LogP contribution is -2.39. The van der Waals surface area contributed by atoms with Gasteiger partial charge >= 0.3 is 0 Å². The van der Waals surface area contributed by atoms with E-state index in [0.29, 0.717) is 10.7 Å². The summed E-state index contributed by atoms with van der Waals surface area (Å²) in [6, 6.07) is 7.69. The summed E-state index contributed by atoms with van der Waals surface area (Å²) in [6.07, 6.45) is 4.55. The summed E-state index contributed by atoms with van der Waals surface area (Å²) in [5.41, 5.74) is 3.97. The summed E-state index contributed by atoms with van der Waals surface area (Å²) in [4.78, 5) is 12.7. The number of nitrogens with zero attached hydrogens (tertiary/aromatic N) is 2. The number of hydrogen-bond acceptors (Lipinski definition) is 2. The first-order valence-corrected chi connectivity index (χ1v) is 8.07. The summed E-state index contributed by atoms with van der Waals surface area (Å²) < 4.78 is 1.89. The summed E-state index contributed by atoms with van der Waals surface area (Å²) in [5, 5.41) is 11.8. The minimum atomic E-state index is -0.0623. The number of carbonyl (C=O) groups is 1. The van der Waals surface area contributed by atoms with Gasteiger partial charge in [-0.05, 0) is 36.6 Å². The molecule has 0 radical (unpaired) electrons. The van der Waals surface area contributed by atoms with Gasteiger partial charge in [0.05, 0.1) is 6.20 Å². The van der Waals surface area contributed by atoms with Crippen LogP contribution in [0.4, 0.5) is 0 Å². The van der Waals surface area contributed by atoms with E-state index in [4.69, 9.17) is 11.6 Å². The fourth-order valence-electron chi connectivity index (χ4n) is 3.33. The third-order valence-corrected chi connectivity index (χ3v) is 4.95. The number of nitrogens with one attached hydrogen (secondary N) is 2. The number of benzene rings is 1. The first kappa shape index (κ1) is 14.3. The van der Waals surface area contributed by atoms with E-state index in [0.717, 1.165) is 35.9 Å². The third kappa shape index (κ3) is 2.41. The Labute approximate surface area is 138 Å². The fraction of sp³-hybridized carbons (Fsp3) is 0.294. The molecule has 2 N–H and O–H groups in total. The van der Waals surface area contributed by atoms with Crippen LogP contribution in [0.3, 0.4) is 0 Å². The summed E-state index contributed by atoms with van der Waals surface area (Å²) in [7, 11) is 1.89. The fourth-order valence-corrected chi connectivity index (χ4v) is 3.56. The molecule has 5 nitrogen and oxygen atoms in total. The van der Waals surface area contributed by atoms with Crippen molar-refractivity contribution in [2.75, 3.05) is 0 Å². The highest BCUT2D eigenvalue weighted by Crippen LogP contribution is 2.26. The van der Waals surface area contributed by atoms with Crippen molar-refractivity contribution in [3.8, 4) is 0 Å². The van der Waals surface area contributed by atoms with Gasteiger partial charge in [0.2, 0.25) is 0 Å². The van der Waals surface area contributed by atoms with Crippen LogP contribution < -0.4 is 5.32 Å². The van der Waals surface area contributed by atoms with Gasteiger partial charge in [0.15, 0.2) is 0 Å². The molecule has 0 saturated heterocycles. The summed E-state index contributed by atoms with van der Waals surface area (Å²) >= 11 is 6.23. The number of aromatic nitrogens is 3. The van der Waals surface area contributed by atoms with E-state index in [2.05, 4.69) is 15.5 Å². The number of aromatic amines is 1. The van der Waals surface area contributed by atoms with E-state index in [9.17, 15) is 4.79 Å². The highest BCUT2D eigenvalue weighted by atomic mass is 35.5. The molecule has 1 amide bonds. The van der Waals surface area contributed by atoms with Crippen molar-refractivity contribution in [1.29, 1.82) is 0 Å². The third-order valence-electron chi connectivity index (χ3n) is 4.62. The van der Waals surface area contributed by atoms with Crippen LogP contribution in [0.1, 0.15) is 28.2 Å². The molecule has 1 aliphatic carbocycles. The van der Waals surface area contributed by atoms with Gasteiger partial charge in [-0.15, -0.1) is 0 Å². The summed E-state index contributed by atoms with van der Waals surface area (Å²) in [6.45, 7) is 0. The quantitative estimate of drug-likeness (QED) is 0.760. The van der Waals surface area contributed by atoms with Gasteiger partial charge in [-0.25, -0.2) is 0 Å². The first-order chi connectivity index (χ1) is 11.1. The largest absolute Gasteiger partial charge is 0.348 e. The van der Waals surface area contributed by atoms with E-state index in [1.165, 1.54) is 5.56 Å². The molecule has 2 heterocycles. The van der Waals surface area contributed by atoms with Crippen LogP contribution in [0.5, 0.6) is 0 Å². The van der Waals surface area contributed by atoms with Gasteiger partial charge in [0, 0.05) is 41.1 Å². The zero-order chi connectivity index (χ0) is 16.0. The monoisotopic (exact) mass is 328 g/mol. The Morgan fingerprint density at radius 2 is 2.35 bits per heavy atom. The molecular formula is C17H17ClN4O. The van der Waals surface area contributed by atoms with Crippen LogP contribution in [0.2, 0.25) is 5.02 Å². The lowest BCUT2D eigenvalue weighted by atomic mass is 9.94. The Kier molecular flexibility index (Phi) is 3.38. The molecular weight excluding hydrogens is 312 g/mol. The average molecular weight is 329 g/mol. The number of H-pyrrole nitrogens is 1. The van der Waals surface area contributed by atoms with Gasteiger partial charge in [0.1, 0.15) is 5.69 Å². The normalized spacial score (nSPS) is 17.2. The maximum absolute atomic E-state index is 12.7. The van der Waals surface area contributed by atoms with Crippen LogP contribution in [-0.2, 0) is 19.9 Å². The number of hydrogen-bond donors (Lipinski definition) is 2. The molecule has 1 aliphatic rings. The van der Waals surface area contributed by atoms with Crippen LogP contribution in [-0.4, -0.2) is 26.7 Å². The molecule has 6 heteroatoms. The smallest absolute Gasteiger partial charge is 0.268 e. The van der Waals surface area contributed by atoms with Crippen molar-refractivity contribution in [2.45, 2.75) is 25.3 Å². The van der Waals surface area contributed by atoms with Gasteiger partial charge in [-0.3, -0.25) is 9.89 Å². The minimum Gasteiger partial charge on any atom is -0.348 e. The van der Waals surface area contributed by atoms with Crippen molar-refractivity contribution in [3.05, 3.63) is 52.4 Å². The van der Waals surface area contributed by atoms with E-state index >= 15 is 0 Å². The van der Waals surface area contributed by atoms with E-state index in [1.807, 2.05) is 42.1 Å². The van der Waals surface area contributed by atoms with Crippen LogP contribution in [0, 0.1) is 0 Å². The Morgan fingerprint density at radius 1 is 1.48 bits per heavy atom. The lowest BCUT2D eigenvalue weighted by Gasteiger charge is -2.22. The number of halogens is 1. The molecule has 1 atom stereocenters. The van der Waals surface area contributed by atoms with E-state index in [1.54, 1.807) is 0 Å². The lowest BCUT2D eigenvalue weighted by molar-refractivity contribution is 0.0925. The van der Waals surface area contributed by atoms with Crippen molar-refractivity contribution in [3.63, 3.8) is 0 Å². The predicted molar refractivity (Wildman–Crippen MR) is 89.8 cm³/mol. The highest BCUT2D eigenvalue weighted by molar-refractivity contribution is 6.35. The number of aryl methyl sites for hydroxylation is 2. The summed E-state index contributed by atoms with van der Waals surface area (Å²) in [5.74, 6) is -0.0623. The highest BCUT2D eigenvalue weighted by Gasteiger charge is 2.23. The Hall–Kier alpha value is -2.27. The van der Waals surface area contributed by atoms with Gasteiger partial charge in [-0.1, -0.05) is 17.7 Å². The SMILES string of the molecule is Cn1c(C(=O)NC2CCc3cn[nH]c3C2)cc2c(Cl)cccc21. The van der Waals surface area contributed by atoms with Gasteiger partial charge in [0.25, 0.3) is 5.91 Å². The van der Waals surface area contributed by atoms with Crippen LogP contribution in [0.25, 0.3) is 10.9 Å². The number of rotatable bonds is 2. The molecule has 0 fully saturated rings. The topological polar surface area (TPSA) is 62.7 Å². The zero-order valence-corrected chi connectivity index (χ0v) is 13.5. The Bertz CT molecular complexity index is 895. The number of fused-ring (bicyclic) bond motifs is 2. The van der Waals surface area contributed by atoms with Gasteiger partial charge in [-0.2, -0.15) is 5.10 Å². The molecule has 0 saturated carbocycles. The molecule has 0 aliphatic heterocycles. The average Bonchev–Trinajstić information content (AvgIpc) is 3.13. The minimum absolute atomic E-state index is 0.0623. The molecule has 1 unspecified atom stereocenters. The second-order valence-electron chi connectivity index (χ2n) is 6.05. The van der Waals surface area contributed by atoms with Crippen LogP contribution in [0.15, 0.2) is 30.5 Å². The van der Waals surface area contributed by atoms with E-state index in [-0.39, 0.29) is 11.9 Å². The standard InChI is InChI=1S/C17H17ClN4O/c1-22-15-4-2-3-13(18)12(15)8-16(22)17(23)20-11-6-5-10-9-19-21-14(10)7-11/h2-4,8-9,11H,5-7H2,1H3,(H,19,21)(H,20,23). The molecule has 0 bridgehead atoms. The Balaban J connectivity index is 1.58. The second kappa shape index (κ2) is 5.42. The van der Waals surface area contributed by atoms with E-state index < -0.39 is 0 Å². The molecule has 1 aromatic carbocycles. The molecule has 118 valence electrons. The number of carbonyl (C=O) groups excluding carboxylic acids is 1. The Morgan fingerprint density at radius 3 is 3.17 bits per heavy atom. The van der Waals surface area contributed by atoms with Crippen molar-refractivity contribution in [2.24, 2.45) is 7.05 Å². The molecule has 23 heavy (non-hydrogen) atoms. The van der Waals surface area contributed by atoms with Crippen LogP contribution >= 0.6 is 11.6 Å². The first-order valence-electron chi connectivity index (χ1n) is 7.69. The maximum Gasteiger partial charge on any atom is 0.268 e. The van der Waals surface area contributed by atoms with Crippen molar-refractivity contribution in [1.82, 2.24) is 20.1 Å². The molecule has 0 spiro atoms. The molecule has 3 aromatic rings. The predicted octanol–water partition coefficient (Wildman–Crippen LogP) is 2.84.